The van der Waals surface area contributed by atoms with E-state index in [9.17, 15) is 9.18 Å². The topological polar surface area (TPSA) is 77.2 Å². The van der Waals surface area contributed by atoms with Gasteiger partial charge in [-0.1, -0.05) is 0 Å². The Hall–Kier alpha value is -2.47. The highest BCUT2D eigenvalue weighted by atomic mass is 19.1. The van der Waals surface area contributed by atoms with E-state index in [1.165, 1.54) is 12.1 Å². The van der Waals surface area contributed by atoms with Crippen LogP contribution in [0.25, 0.3) is 0 Å². The molecule has 20 heavy (non-hydrogen) atoms. The molecule has 0 aliphatic carbocycles. The number of pyridine rings is 1. The Balaban J connectivity index is 1.99. The van der Waals surface area contributed by atoms with E-state index in [2.05, 4.69) is 10.3 Å². The lowest BCUT2D eigenvalue weighted by Crippen LogP contribution is -2.13. The Bertz CT molecular complexity index is 570. The van der Waals surface area contributed by atoms with Crippen molar-refractivity contribution >= 4 is 11.6 Å². The summed E-state index contributed by atoms with van der Waals surface area (Å²) in [5, 5.41) is 2.66. The van der Waals surface area contributed by atoms with E-state index in [0.717, 1.165) is 6.20 Å². The zero-order valence-electron chi connectivity index (χ0n) is 10.7. The fraction of sp³-hybridized carbons (Fsp3) is 0.143. The van der Waals surface area contributed by atoms with Gasteiger partial charge in [-0.2, -0.15) is 0 Å². The minimum Gasteiger partial charge on any atom is -0.492 e. The van der Waals surface area contributed by atoms with Crippen molar-refractivity contribution in [1.82, 2.24) is 4.98 Å². The fourth-order valence-electron chi connectivity index (χ4n) is 1.52. The lowest BCUT2D eigenvalue weighted by atomic mass is 10.2. The van der Waals surface area contributed by atoms with Crippen LogP contribution in [0, 0.1) is 5.82 Å². The van der Waals surface area contributed by atoms with Crippen molar-refractivity contribution < 1.29 is 13.9 Å². The number of aromatic nitrogens is 1. The van der Waals surface area contributed by atoms with Crippen molar-refractivity contribution in [2.75, 3.05) is 18.5 Å². The maximum absolute atomic E-state index is 12.7. The van der Waals surface area contributed by atoms with Crippen LogP contribution in [0.3, 0.4) is 0 Å². The summed E-state index contributed by atoms with van der Waals surface area (Å²) in [5.41, 5.74) is 6.08. The number of carbonyl (C=O) groups is 1. The third kappa shape index (κ3) is 3.76. The first kappa shape index (κ1) is 14.0. The summed E-state index contributed by atoms with van der Waals surface area (Å²) in [6, 6.07) is 9.36. The van der Waals surface area contributed by atoms with Crippen LogP contribution in [-0.2, 0) is 0 Å². The molecule has 0 radical (unpaired) electrons. The second-order valence-electron chi connectivity index (χ2n) is 3.98. The highest BCUT2D eigenvalue weighted by molar-refractivity contribution is 6.02. The number of carbonyl (C=O) groups excluding carboxylic acids is 1. The molecule has 1 aromatic carbocycles. The van der Waals surface area contributed by atoms with Crippen LogP contribution in [-0.4, -0.2) is 24.0 Å². The number of nitrogens with zero attached hydrogens (tertiary/aromatic N) is 1. The minimum absolute atomic E-state index is 0.148. The number of hydrogen-bond acceptors (Lipinski definition) is 4. The van der Waals surface area contributed by atoms with Gasteiger partial charge in [-0.05, 0) is 36.4 Å². The second-order valence-corrected chi connectivity index (χ2v) is 3.98. The monoisotopic (exact) mass is 275 g/mol. The van der Waals surface area contributed by atoms with Crippen LogP contribution in [0.5, 0.6) is 5.75 Å². The van der Waals surface area contributed by atoms with Crippen molar-refractivity contribution in [3.8, 4) is 5.75 Å². The first-order valence-electron chi connectivity index (χ1n) is 6.05. The average molecular weight is 275 g/mol. The number of halogens is 1. The van der Waals surface area contributed by atoms with Crippen LogP contribution in [0.15, 0.2) is 42.6 Å². The number of nitrogens with one attached hydrogen (secondary N) is 1. The van der Waals surface area contributed by atoms with Crippen molar-refractivity contribution in [2.24, 2.45) is 5.73 Å². The van der Waals surface area contributed by atoms with Crippen LogP contribution in [0.4, 0.5) is 10.1 Å². The van der Waals surface area contributed by atoms with Crippen LogP contribution >= 0.6 is 0 Å². The van der Waals surface area contributed by atoms with Gasteiger partial charge >= 0.3 is 0 Å². The summed E-state index contributed by atoms with van der Waals surface area (Å²) in [6.45, 7) is 0.875. The minimum atomic E-state index is -0.483. The number of hydrogen-bond donors (Lipinski definition) is 2. The lowest BCUT2D eigenvalue weighted by Gasteiger charge is -2.07. The molecule has 0 saturated heterocycles. The molecule has 1 aromatic heterocycles. The molecule has 5 nitrogen and oxygen atoms in total. The van der Waals surface area contributed by atoms with Gasteiger partial charge in [-0.3, -0.25) is 4.79 Å². The largest absolute Gasteiger partial charge is 0.492 e. The zero-order chi connectivity index (χ0) is 14.4. The summed E-state index contributed by atoms with van der Waals surface area (Å²) >= 11 is 0. The molecule has 0 bridgehead atoms. The summed E-state index contributed by atoms with van der Waals surface area (Å²) in [5.74, 6) is -0.211. The van der Waals surface area contributed by atoms with Gasteiger partial charge in [0.25, 0.3) is 5.91 Å². The van der Waals surface area contributed by atoms with Gasteiger partial charge in [0.1, 0.15) is 23.9 Å². The molecule has 2 rings (SSSR count). The maximum atomic E-state index is 12.7. The van der Waals surface area contributed by atoms with Gasteiger partial charge < -0.3 is 15.8 Å². The fourth-order valence-corrected chi connectivity index (χ4v) is 1.52. The molecular weight excluding hydrogens is 261 g/mol. The molecular formula is C14H14FN3O2. The molecule has 1 amide bonds. The standard InChI is InChI=1S/C14H14FN3O2/c15-10-1-6-13(17-9-10)14(19)18-11-2-4-12(5-3-11)20-8-7-16/h1-6,9H,7-8,16H2,(H,18,19). The van der Waals surface area contributed by atoms with Crippen LogP contribution in [0.1, 0.15) is 10.5 Å². The Morgan fingerprint density at radius 2 is 2.00 bits per heavy atom. The second kappa shape index (κ2) is 6.63. The third-order valence-corrected chi connectivity index (χ3v) is 2.46. The molecule has 104 valence electrons. The Kier molecular flexibility index (Phi) is 4.62. The van der Waals surface area contributed by atoms with E-state index < -0.39 is 11.7 Å². The Labute approximate surface area is 115 Å². The molecule has 0 saturated carbocycles. The number of benzene rings is 1. The summed E-state index contributed by atoms with van der Waals surface area (Å²) in [6.07, 6.45) is 0.999. The molecule has 0 atom stereocenters. The number of ether oxygens (including phenoxy) is 1. The van der Waals surface area contributed by atoms with Gasteiger partial charge in [0.2, 0.25) is 0 Å². The average Bonchev–Trinajstić information content (AvgIpc) is 2.47. The van der Waals surface area contributed by atoms with E-state index in [-0.39, 0.29) is 5.69 Å². The molecule has 0 aliphatic heterocycles. The molecule has 6 heteroatoms. The van der Waals surface area contributed by atoms with E-state index in [1.807, 2.05) is 0 Å². The number of nitrogens with two attached hydrogens (primary N) is 1. The lowest BCUT2D eigenvalue weighted by molar-refractivity contribution is 0.102. The highest BCUT2D eigenvalue weighted by Gasteiger charge is 2.07. The molecule has 0 spiro atoms. The molecule has 3 N–H and O–H groups in total. The molecule has 0 unspecified atom stereocenters. The molecule has 0 fully saturated rings. The van der Waals surface area contributed by atoms with Gasteiger partial charge in [0.05, 0.1) is 6.20 Å². The molecule has 1 heterocycles. The quantitative estimate of drug-likeness (QED) is 0.872. The third-order valence-electron chi connectivity index (χ3n) is 2.46. The van der Waals surface area contributed by atoms with E-state index in [0.29, 0.717) is 24.6 Å². The number of anilines is 1. The number of rotatable bonds is 5. The van der Waals surface area contributed by atoms with E-state index in [4.69, 9.17) is 10.5 Å². The summed E-state index contributed by atoms with van der Waals surface area (Å²) in [4.78, 5) is 15.5. The van der Waals surface area contributed by atoms with Gasteiger partial charge in [-0.15, -0.1) is 0 Å². The van der Waals surface area contributed by atoms with Crippen LogP contribution < -0.4 is 15.8 Å². The molecule has 0 aliphatic rings. The van der Waals surface area contributed by atoms with Crippen molar-refractivity contribution in [2.45, 2.75) is 0 Å². The normalized spacial score (nSPS) is 10.1. The first-order chi connectivity index (χ1) is 9.69. The van der Waals surface area contributed by atoms with Crippen molar-refractivity contribution in [3.63, 3.8) is 0 Å². The Morgan fingerprint density at radius 1 is 1.25 bits per heavy atom. The molecule has 2 aromatic rings. The predicted molar refractivity (Wildman–Crippen MR) is 73.1 cm³/mol. The van der Waals surface area contributed by atoms with Gasteiger partial charge in [-0.25, -0.2) is 9.37 Å². The first-order valence-corrected chi connectivity index (χ1v) is 6.05. The van der Waals surface area contributed by atoms with E-state index in [1.54, 1.807) is 24.3 Å². The maximum Gasteiger partial charge on any atom is 0.274 e. The van der Waals surface area contributed by atoms with Gasteiger partial charge in [0, 0.05) is 12.2 Å². The van der Waals surface area contributed by atoms with E-state index >= 15 is 0 Å². The van der Waals surface area contributed by atoms with Crippen molar-refractivity contribution in [1.29, 1.82) is 0 Å². The predicted octanol–water partition coefficient (Wildman–Crippen LogP) is 1.81. The zero-order valence-corrected chi connectivity index (χ0v) is 10.7. The SMILES string of the molecule is NCCOc1ccc(NC(=O)c2ccc(F)cn2)cc1. The smallest absolute Gasteiger partial charge is 0.274 e. The number of amides is 1. The summed E-state index contributed by atoms with van der Waals surface area (Å²) < 4.78 is 18.0. The van der Waals surface area contributed by atoms with Crippen molar-refractivity contribution in [3.05, 3.63) is 54.1 Å². The van der Waals surface area contributed by atoms with Crippen LogP contribution in [0.2, 0.25) is 0 Å². The highest BCUT2D eigenvalue weighted by Crippen LogP contribution is 2.16. The summed E-state index contributed by atoms with van der Waals surface area (Å²) in [7, 11) is 0. The Morgan fingerprint density at radius 3 is 2.60 bits per heavy atom. The van der Waals surface area contributed by atoms with Gasteiger partial charge in [0.15, 0.2) is 0 Å².